The third kappa shape index (κ3) is 6.64. The second-order valence-corrected chi connectivity index (χ2v) is 9.02. The van der Waals surface area contributed by atoms with Gasteiger partial charge in [0, 0.05) is 17.6 Å². The molecule has 0 heterocycles. The molecule has 11 nitrogen and oxygen atoms in total. The van der Waals surface area contributed by atoms with E-state index in [4.69, 9.17) is 0 Å². The van der Waals surface area contributed by atoms with Gasteiger partial charge in [0.2, 0.25) is 5.91 Å². The number of phenols is 2. The summed E-state index contributed by atoms with van der Waals surface area (Å²) >= 11 is 3.01. The molecule has 34 heavy (non-hydrogen) atoms. The number of aliphatic hydroxyl groups is 1. The Morgan fingerprint density at radius 1 is 1.18 bits per heavy atom. The Bertz CT molecular complexity index is 1210. The van der Waals surface area contributed by atoms with Crippen LogP contribution in [0.4, 0.5) is 18.9 Å². The van der Waals surface area contributed by atoms with Crippen LogP contribution in [-0.4, -0.2) is 61.6 Å². The summed E-state index contributed by atoms with van der Waals surface area (Å²) in [5.74, 6) is -5.12. The fourth-order valence-electron chi connectivity index (χ4n) is 2.56. The molecule has 0 saturated heterocycles. The van der Waals surface area contributed by atoms with Crippen LogP contribution in [0, 0.1) is 0 Å². The quantitative estimate of drug-likeness (QED) is 0.258. The Morgan fingerprint density at radius 3 is 2.38 bits per heavy atom. The van der Waals surface area contributed by atoms with Crippen molar-refractivity contribution < 1.29 is 51.2 Å². The van der Waals surface area contributed by atoms with Gasteiger partial charge in [-0.25, -0.2) is 8.42 Å². The van der Waals surface area contributed by atoms with Crippen molar-refractivity contribution >= 4 is 43.5 Å². The molecule has 0 aliphatic carbocycles. The molecule has 0 bridgehead atoms. The van der Waals surface area contributed by atoms with Gasteiger partial charge in [-0.2, -0.15) is 0 Å². The number of phenolic OH excluding ortho intramolecular Hbond substituents is 2. The lowest BCUT2D eigenvalue weighted by atomic mass is 10.1. The van der Waals surface area contributed by atoms with Crippen molar-refractivity contribution in [3.63, 3.8) is 0 Å². The highest BCUT2D eigenvalue weighted by Gasteiger charge is 2.33. The van der Waals surface area contributed by atoms with Crippen molar-refractivity contribution in [2.24, 2.45) is 0 Å². The predicted octanol–water partition coefficient (Wildman–Crippen LogP) is 1.40. The van der Waals surface area contributed by atoms with E-state index in [2.05, 4.69) is 26.0 Å². The average molecular weight is 572 g/mol. The maximum atomic E-state index is 12.8. The number of nitrogens with one attached hydrogen (secondary N) is 3. The topological polar surface area (TPSA) is 174 Å². The third-order valence-electron chi connectivity index (χ3n) is 4.07. The molecule has 2 rings (SSSR count). The van der Waals surface area contributed by atoms with Gasteiger partial charge < -0.3 is 30.7 Å². The molecular weight excluding hydrogens is 555 g/mol. The molecule has 186 valence electrons. The van der Waals surface area contributed by atoms with Crippen LogP contribution in [0.5, 0.6) is 17.2 Å². The van der Waals surface area contributed by atoms with Crippen molar-refractivity contribution in [3.05, 3.63) is 40.4 Å². The number of carbonyl (C=O) groups excluding carboxylic acids is 2. The van der Waals surface area contributed by atoms with E-state index in [-0.39, 0.29) is 4.47 Å². The van der Waals surface area contributed by atoms with Crippen LogP contribution >= 0.6 is 15.9 Å². The van der Waals surface area contributed by atoms with Gasteiger partial charge in [-0.15, -0.1) is 13.2 Å². The van der Waals surface area contributed by atoms with Crippen LogP contribution < -0.4 is 20.1 Å². The van der Waals surface area contributed by atoms with E-state index in [0.717, 1.165) is 12.1 Å². The van der Waals surface area contributed by atoms with Crippen LogP contribution in [0.1, 0.15) is 10.4 Å². The standard InChI is InChI=1S/C18H17BrF3N3O8S/c1-23-17(30)12(7-26)24-16(29)10-5-9(33-18(20,21)22)6-11(15(10)28)25-34(31,32)14-4-8(19)2-3-13(14)27/h2-6,12,25-28H,7H2,1H3,(H,23,30)(H,24,29). The molecule has 6 N–H and O–H groups in total. The molecule has 0 saturated carbocycles. The van der Waals surface area contributed by atoms with E-state index in [1.165, 1.54) is 13.1 Å². The summed E-state index contributed by atoms with van der Waals surface area (Å²) in [7, 11) is -3.51. The minimum atomic E-state index is -5.25. The van der Waals surface area contributed by atoms with Crippen molar-refractivity contribution in [3.8, 4) is 17.2 Å². The van der Waals surface area contributed by atoms with Gasteiger partial charge in [0.05, 0.1) is 17.9 Å². The fraction of sp³-hybridized carbons (Fsp3) is 0.222. The lowest BCUT2D eigenvalue weighted by Gasteiger charge is -2.18. The summed E-state index contributed by atoms with van der Waals surface area (Å²) in [5.41, 5.74) is -1.83. The summed E-state index contributed by atoms with van der Waals surface area (Å²) in [5, 5.41) is 33.7. The largest absolute Gasteiger partial charge is 0.573 e. The highest BCUT2D eigenvalue weighted by atomic mass is 79.9. The third-order valence-corrected chi connectivity index (χ3v) is 5.96. The summed E-state index contributed by atoms with van der Waals surface area (Å²) in [6.07, 6.45) is -5.25. The van der Waals surface area contributed by atoms with Crippen LogP contribution in [0.25, 0.3) is 0 Å². The van der Waals surface area contributed by atoms with E-state index < -0.39 is 74.2 Å². The van der Waals surface area contributed by atoms with E-state index in [0.29, 0.717) is 12.1 Å². The number of anilines is 1. The molecule has 0 aromatic heterocycles. The summed E-state index contributed by atoms with van der Waals surface area (Å²) in [6, 6.07) is 2.68. The van der Waals surface area contributed by atoms with Crippen molar-refractivity contribution in [2.75, 3.05) is 18.4 Å². The molecule has 0 aliphatic rings. The van der Waals surface area contributed by atoms with Gasteiger partial charge in [-0.1, -0.05) is 15.9 Å². The van der Waals surface area contributed by atoms with Crippen LogP contribution in [0.2, 0.25) is 0 Å². The van der Waals surface area contributed by atoms with Gasteiger partial charge in [0.15, 0.2) is 5.75 Å². The van der Waals surface area contributed by atoms with Crippen molar-refractivity contribution in [2.45, 2.75) is 17.3 Å². The van der Waals surface area contributed by atoms with Gasteiger partial charge in [-0.3, -0.25) is 14.3 Å². The van der Waals surface area contributed by atoms with Gasteiger partial charge in [0.25, 0.3) is 15.9 Å². The highest BCUT2D eigenvalue weighted by molar-refractivity contribution is 9.10. The Morgan fingerprint density at radius 2 is 1.82 bits per heavy atom. The smallest absolute Gasteiger partial charge is 0.507 e. The number of alkyl halides is 3. The highest BCUT2D eigenvalue weighted by Crippen LogP contribution is 2.37. The maximum Gasteiger partial charge on any atom is 0.573 e. The molecule has 16 heteroatoms. The lowest BCUT2D eigenvalue weighted by molar-refractivity contribution is -0.274. The minimum absolute atomic E-state index is 0.230. The zero-order valence-corrected chi connectivity index (χ0v) is 19.4. The molecule has 0 fully saturated rings. The van der Waals surface area contributed by atoms with Crippen LogP contribution in [0.15, 0.2) is 39.7 Å². The van der Waals surface area contributed by atoms with E-state index in [1.54, 1.807) is 4.72 Å². The molecular formula is C18H17BrF3N3O8S. The number of hydrogen-bond donors (Lipinski definition) is 6. The predicted molar refractivity (Wildman–Crippen MR) is 114 cm³/mol. The molecule has 0 aliphatic heterocycles. The van der Waals surface area contributed by atoms with E-state index >= 15 is 0 Å². The number of likely N-dealkylation sites (N-methyl/N-ethyl adjacent to an activating group) is 1. The number of sulfonamides is 1. The van der Waals surface area contributed by atoms with Crippen molar-refractivity contribution in [1.29, 1.82) is 0 Å². The first kappa shape index (κ1) is 27.0. The summed E-state index contributed by atoms with van der Waals surface area (Å²) in [4.78, 5) is 23.5. The fourth-order valence-corrected chi connectivity index (χ4v) is 4.25. The van der Waals surface area contributed by atoms with Gasteiger partial charge in [0.1, 0.15) is 22.4 Å². The number of rotatable bonds is 8. The second-order valence-electron chi connectivity index (χ2n) is 6.46. The first-order valence-corrected chi connectivity index (χ1v) is 11.2. The van der Waals surface area contributed by atoms with Gasteiger partial charge >= 0.3 is 6.36 Å². The zero-order chi connectivity index (χ0) is 25.8. The monoisotopic (exact) mass is 571 g/mol. The Balaban J connectivity index is 2.57. The zero-order valence-electron chi connectivity index (χ0n) is 17.0. The SMILES string of the molecule is CNC(=O)C(CO)NC(=O)c1cc(OC(F)(F)F)cc(NS(=O)(=O)c2cc(Br)ccc2O)c1O. The number of ether oxygens (including phenoxy) is 1. The molecule has 1 atom stereocenters. The van der Waals surface area contributed by atoms with Crippen LogP contribution in [-0.2, 0) is 14.8 Å². The molecule has 0 spiro atoms. The van der Waals surface area contributed by atoms with Gasteiger partial charge in [-0.05, 0) is 24.3 Å². The number of benzene rings is 2. The number of halogens is 4. The van der Waals surface area contributed by atoms with E-state index in [9.17, 15) is 46.5 Å². The second kappa shape index (κ2) is 10.4. The first-order chi connectivity index (χ1) is 15.7. The lowest BCUT2D eigenvalue weighted by Crippen LogP contribution is -2.48. The molecule has 1 unspecified atom stereocenters. The Kier molecular flexibility index (Phi) is 8.22. The molecule has 2 aromatic carbocycles. The number of aliphatic hydroxyl groups excluding tert-OH is 1. The Labute approximate surface area is 198 Å². The normalized spacial score (nSPS) is 12.5. The minimum Gasteiger partial charge on any atom is -0.507 e. The summed E-state index contributed by atoms with van der Waals surface area (Å²) < 4.78 is 69.5. The van der Waals surface area contributed by atoms with E-state index in [1.807, 2.05) is 5.32 Å². The molecule has 2 aromatic rings. The Hall–Kier alpha value is -3.24. The molecule has 0 radical (unpaired) electrons. The maximum absolute atomic E-state index is 12.8. The summed E-state index contributed by atoms with van der Waals surface area (Å²) in [6.45, 7) is -0.896. The van der Waals surface area contributed by atoms with Crippen molar-refractivity contribution in [1.82, 2.24) is 10.6 Å². The number of carbonyl (C=O) groups is 2. The number of amides is 2. The van der Waals surface area contributed by atoms with Crippen LogP contribution in [0.3, 0.4) is 0 Å². The molecule has 2 amide bonds. The average Bonchev–Trinajstić information content (AvgIpc) is 2.73. The number of hydrogen-bond acceptors (Lipinski definition) is 8. The first-order valence-electron chi connectivity index (χ1n) is 8.96. The number of aromatic hydroxyl groups is 2.